The van der Waals surface area contributed by atoms with Crippen LogP contribution in [0.3, 0.4) is 0 Å². The molecule has 3 amide bonds. The molecule has 44 heavy (non-hydrogen) atoms. The Morgan fingerprint density at radius 1 is 1.05 bits per heavy atom. The number of halogens is 1. The molecule has 0 aliphatic carbocycles. The number of aromatic nitrogens is 2. The first-order valence-corrected chi connectivity index (χ1v) is 14.6. The molecule has 1 aromatic heterocycles. The van der Waals surface area contributed by atoms with Crippen molar-refractivity contribution < 1.29 is 23.5 Å². The third kappa shape index (κ3) is 7.84. The van der Waals surface area contributed by atoms with Gasteiger partial charge >= 0.3 is 6.09 Å². The number of carbonyl (C=O) groups excluding carboxylic acids is 3. The van der Waals surface area contributed by atoms with Gasteiger partial charge in [-0.3, -0.25) is 24.5 Å². The Kier molecular flexibility index (Phi) is 9.60. The van der Waals surface area contributed by atoms with Gasteiger partial charge in [-0.05, 0) is 55.3 Å². The predicted molar refractivity (Wildman–Crippen MR) is 165 cm³/mol. The van der Waals surface area contributed by atoms with E-state index < -0.39 is 29.1 Å². The van der Waals surface area contributed by atoms with Crippen LogP contribution in [0.1, 0.15) is 34.7 Å². The fourth-order valence-corrected chi connectivity index (χ4v) is 5.39. The highest BCUT2D eigenvalue weighted by molar-refractivity contribution is 8.15. The molecule has 2 atom stereocenters. The number of anilines is 1. The average molecular weight is 613 g/mol. The van der Waals surface area contributed by atoms with E-state index in [1.165, 1.54) is 28.8 Å². The fraction of sp³-hybridized carbons (Fsp3) is 0.188. The van der Waals surface area contributed by atoms with Crippen LogP contribution in [0.5, 0.6) is 0 Å². The molecular formula is C32H29FN6O4S. The van der Waals surface area contributed by atoms with Crippen molar-refractivity contribution in [2.24, 2.45) is 4.99 Å². The smallest absolute Gasteiger partial charge is 0.408 e. The SMILES string of the molecule is Cc1cnc(CN2C(=O)C(c3ccc(NC(=O)[C@H](C)NC(=O)OCc4ccccc4)cc3)SC2=Nc2cccc(F)c2)cn1. The Hall–Kier alpha value is -5.10. The van der Waals surface area contributed by atoms with E-state index in [4.69, 9.17) is 4.74 Å². The van der Waals surface area contributed by atoms with Gasteiger partial charge in [-0.1, -0.05) is 60.3 Å². The van der Waals surface area contributed by atoms with Crippen molar-refractivity contribution in [3.8, 4) is 0 Å². The number of amides is 3. The molecule has 12 heteroatoms. The minimum Gasteiger partial charge on any atom is -0.445 e. The van der Waals surface area contributed by atoms with Gasteiger partial charge in [0.1, 0.15) is 23.7 Å². The number of hydrogen-bond acceptors (Lipinski definition) is 8. The summed E-state index contributed by atoms with van der Waals surface area (Å²) in [5.74, 6) is -1.08. The van der Waals surface area contributed by atoms with Crippen molar-refractivity contribution in [2.75, 3.05) is 5.32 Å². The van der Waals surface area contributed by atoms with Gasteiger partial charge in [-0.25, -0.2) is 14.2 Å². The lowest BCUT2D eigenvalue weighted by Crippen LogP contribution is -2.41. The first kappa shape index (κ1) is 30.4. The molecule has 0 saturated carbocycles. The van der Waals surface area contributed by atoms with Crippen molar-refractivity contribution >= 4 is 46.2 Å². The molecule has 4 aromatic rings. The third-order valence-corrected chi connectivity index (χ3v) is 7.79. The van der Waals surface area contributed by atoms with Crippen LogP contribution in [-0.2, 0) is 27.5 Å². The van der Waals surface area contributed by atoms with Gasteiger partial charge in [-0.15, -0.1) is 0 Å². The molecule has 10 nitrogen and oxygen atoms in total. The van der Waals surface area contributed by atoms with Gasteiger partial charge in [-0.2, -0.15) is 0 Å². The maximum absolute atomic E-state index is 13.8. The topological polar surface area (TPSA) is 126 Å². The number of amidine groups is 1. The van der Waals surface area contributed by atoms with Gasteiger partial charge in [0.2, 0.25) is 11.8 Å². The van der Waals surface area contributed by atoms with Crippen LogP contribution in [0.2, 0.25) is 0 Å². The van der Waals surface area contributed by atoms with E-state index in [0.29, 0.717) is 27.8 Å². The molecule has 1 unspecified atom stereocenters. The van der Waals surface area contributed by atoms with Crippen LogP contribution in [0.25, 0.3) is 0 Å². The summed E-state index contributed by atoms with van der Waals surface area (Å²) in [7, 11) is 0. The van der Waals surface area contributed by atoms with Crippen molar-refractivity contribution in [1.82, 2.24) is 20.2 Å². The number of hydrogen-bond donors (Lipinski definition) is 2. The Morgan fingerprint density at radius 3 is 2.52 bits per heavy atom. The number of carbonyl (C=O) groups is 3. The zero-order chi connectivity index (χ0) is 31.1. The number of aryl methyl sites for hydroxylation is 1. The van der Waals surface area contributed by atoms with Crippen LogP contribution >= 0.6 is 11.8 Å². The molecule has 5 rings (SSSR count). The predicted octanol–water partition coefficient (Wildman–Crippen LogP) is 5.68. The van der Waals surface area contributed by atoms with E-state index in [1.54, 1.807) is 55.7 Å². The number of rotatable bonds is 9. The molecular weight excluding hydrogens is 583 g/mol. The number of aliphatic imine (C=N–C) groups is 1. The number of alkyl carbamates (subject to hydrolysis) is 1. The molecule has 0 radical (unpaired) electrons. The number of benzene rings is 3. The Labute approximate surface area is 257 Å². The second-order valence-electron chi connectivity index (χ2n) is 9.98. The minimum absolute atomic E-state index is 0.0882. The van der Waals surface area contributed by atoms with Crippen molar-refractivity contribution in [3.63, 3.8) is 0 Å². The summed E-state index contributed by atoms with van der Waals surface area (Å²) in [6.45, 7) is 3.61. The third-order valence-electron chi connectivity index (χ3n) is 6.55. The molecule has 224 valence electrons. The summed E-state index contributed by atoms with van der Waals surface area (Å²) in [5, 5.41) is 5.06. The molecule has 0 spiro atoms. The van der Waals surface area contributed by atoms with E-state index >= 15 is 0 Å². The molecule has 3 aromatic carbocycles. The van der Waals surface area contributed by atoms with Gasteiger partial charge in [0.15, 0.2) is 5.17 Å². The average Bonchev–Trinajstić information content (AvgIpc) is 3.32. The number of nitrogens with one attached hydrogen (secondary N) is 2. The van der Waals surface area contributed by atoms with Gasteiger partial charge in [0, 0.05) is 11.9 Å². The molecule has 2 heterocycles. The Morgan fingerprint density at radius 2 is 1.82 bits per heavy atom. The summed E-state index contributed by atoms with van der Waals surface area (Å²) < 4.78 is 19.0. The van der Waals surface area contributed by atoms with Gasteiger partial charge < -0.3 is 15.4 Å². The molecule has 1 fully saturated rings. The van der Waals surface area contributed by atoms with E-state index in [2.05, 4.69) is 25.6 Å². The molecule has 1 aliphatic rings. The lowest BCUT2D eigenvalue weighted by atomic mass is 10.1. The quantitative estimate of drug-likeness (QED) is 0.249. The zero-order valence-electron chi connectivity index (χ0n) is 23.9. The summed E-state index contributed by atoms with van der Waals surface area (Å²) in [5.41, 5.74) is 3.73. The van der Waals surface area contributed by atoms with Gasteiger partial charge in [0.05, 0.1) is 29.8 Å². The minimum atomic E-state index is -0.857. The summed E-state index contributed by atoms with van der Waals surface area (Å²) in [6, 6.07) is 21.0. The highest BCUT2D eigenvalue weighted by Gasteiger charge is 2.39. The van der Waals surface area contributed by atoms with E-state index in [0.717, 1.165) is 11.3 Å². The molecule has 0 bridgehead atoms. The van der Waals surface area contributed by atoms with Crippen LogP contribution in [0, 0.1) is 12.7 Å². The van der Waals surface area contributed by atoms with Crippen LogP contribution < -0.4 is 10.6 Å². The second-order valence-corrected chi connectivity index (χ2v) is 11.1. The molecule has 1 aliphatic heterocycles. The number of ether oxygens (including phenoxy) is 1. The van der Waals surface area contributed by atoms with E-state index in [-0.39, 0.29) is 19.1 Å². The van der Waals surface area contributed by atoms with Crippen LogP contribution in [0.4, 0.5) is 20.6 Å². The van der Waals surface area contributed by atoms with E-state index in [1.807, 2.05) is 37.3 Å². The standard InChI is InChI=1S/C32H29FN6O4S/c1-20-16-35-27(17-34-20)18-39-30(41)28(44-31(39)38-26-10-6-9-24(33)15-26)23-11-13-25(14-12-23)37-29(40)21(2)36-32(42)43-19-22-7-4-3-5-8-22/h3-17,21,28H,18-19H2,1-2H3,(H,36,42)(H,37,40)/t21-,28?/m0/s1. The maximum atomic E-state index is 13.8. The normalized spacial score (nSPS) is 16.1. The van der Waals surface area contributed by atoms with Crippen LogP contribution in [0.15, 0.2) is 96.2 Å². The fourth-order valence-electron chi connectivity index (χ4n) is 4.22. The first-order valence-electron chi connectivity index (χ1n) is 13.7. The first-order chi connectivity index (χ1) is 21.2. The Balaban J connectivity index is 1.24. The number of thioether (sulfide) groups is 1. The largest absolute Gasteiger partial charge is 0.445 e. The molecule has 2 N–H and O–H groups in total. The highest BCUT2D eigenvalue weighted by Crippen LogP contribution is 2.41. The highest BCUT2D eigenvalue weighted by atomic mass is 32.2. The number of nitrogens with zero attached hydrogens (tertiary/aromatic N) is 4. The van der Waals surface area contributed by atoms with Crippen molar-refractivity contribution in [3.05, 3.63) is 120 Å². The van der Waals surface area contributed by atoms with E-state index in [9.17, 15) is 18.8 Å². The maximum Gasteiger partial charge on any atom is 0.408 e. The summed E-state index contributed by atoms with van der Waals surface area (Å²) in [4.78, 5) is 53.2. The van der Waals surface area contributed by atoms with Crippen LogP contribution in [-0.4, -0.2) is 44.0 Å². The summed E-state index contributed by atoms with van der Waals surface area (Å²) >= 11 is 1.24. The Bertz CT molecular complexity index is 1670. The lowest BCUT2D eigenvalue weighted by Gasteiger charge is -2.16. The van der Waals surface area contributed by atoms with Crippen molar-refractivity contribution in [2.45, 2.75) is 38.3 Å². The molecule has 1 saturated heterocycles. The van der Waals surface area contributed by atoms with Gasteiger partial charge in [0.25, 0.3) is 0 Å². The second kappa shape index (κ2) is 13.9. The lowest BCUT2D eigenvalue weighted by molar-refractivity contribution is -0.126. The van der Waals surface area contributed by atoms with Crippen molar-refractivity contribution in [1.29, 1.82) is 0 Å². The monoisotopic (exact) mass is 612 g/mol. The zero-order valence-corrected chi connectivity index (χ0v) is 24.8. The summed E-state index contributed by atoms with van der Waals surface area (Å²) in [6.07, 6.45) is 2.53.